The highest BCUT2D eigenvalue weighted by atomic mass is 35.5. The van der Waals surface area contributed by atoms with E-state index in [9.17, 15) is 4.79 Å². The van der Waals surface area contributed by atoms with E-state index in [0.717, 1.165) is 31.7 Å². The molecule has 0 spiro atoms. The number of hydrogen-bond acceptors (Lipinski definition) is 4. The average Bonchev–Trinajstić information content (AvgIpc) is 2.54. The van der Waals surface area contributed by atoms with Gasteiger partial charge in [0, 0.05) is 44.3 Å². The zero-order valence-electron chi connectivity index (χ0n) is 13.0. The van der Waals surface area contributed by atoms with Gasteiger partial charge in [-0.3, -0.25) is 14.6 Å². The lowest BCUT2D eigenvalue weighted by Gasteiger charge is -2.37. The van der Waals surface area contributed by atoms with Gasteiger partial charge in [-0.2, -0.15) is 0 Å². The molecule has 22 heavy (non-hydrogen) atoms. The molecule has 1 aliphatic rings. The molecule has 1 aliphatic heterocycles. The molecule has 2 rings (SSSR count). The molecule has 0 saturated carbocycles. The number of carbonyl (C=O) groups is 1. The first-order chi connectivity index (χ1) is 10.6. The summed E-state index contributed by atoms with van der Waals surface area (Å²) in [6, 6.07) is 7.35. The van der Waals surface area contributed by atoms with Gasteiger partial charge in [0.05, 0.1) is 12.6 Å². The maximum atomic E-state index is 12.3. The number of aliphatic hydroxyl groups is 1. The van der Waals surface area contributed by atoms with Gasteiger partial charge in [0.25, 0.3) is 0 Å². The van der Waals surface area contributed by atoms with Crippen molar-refractivity contribution in [1.82, 2.24) is 15.1 Å². The van der Waals surface area contributed by atoms with Crippen LogP contribution in [0, 0.1) is 0 Å². The van der Waals surface area contributed by atoms with E-state index >= 15 is 0 Å². The lowest BCUT2D eigenvalue weighted by Crippen LogP contribution is -2.54. The second-order valence-electron chi connectivity index (χ2n) is 5.62. The van der Waals surface area contributed by atoms with Crippen LogP contribution in [0.1, 0.15) is 12.5 Å². The number of carbonyl (C=O) groups excluding carboxylic acids is 1. The monoisotopic (exact) mass is 325 g/mol. The number of β-amino-alcohol motifs (C(OH)–C–C–N with tert-alkyl or cyclic N) is 1. The number of halogens is 1. The Kier molecular flexibility index (Phi) is 6.64. The number of nitrogens with zero attached hydrogens (tertiary/aromatic N) is 2. The van der Waals surface area contributed by atoms with E-state index in [1.54, 1.807) is 0 Å². The summed E-state index contributed by atoms with van der Waals surface area (Å²) in [6.45, 7) is 6.88. The Morgan fingerprint density at radius 3 is 2.50 bits per heavy atom. The fourth-order valence-electron chi connectivity index (χ4n) is 2.62. The number of piperazine rings is 1. The molecule has 0 aliphatic carbocycles. The van der Waals surface area contributed by atoms with Crippen molar-refractivity contribution in [1.29, 1.82) is 0 Å². The highest BCUT2D eigenvalue weighted by molar-refractivity contribution is 6.30. The molecule has 0 aromatic heterocycles. The summed E-state index contributed by atoms with van der Waals surface area (Å²) in [5.74, 6) is 0.0468. The summed E-state index contributed by atoms with van der Waals surface area (Å²) in [5, 5.41) is 12.6. The molecule has 1 aromatic rings. The van der Waals surface area contributed by atoms with E-state index < -0.39 is 0 Å². The maximum Gasteiger partial charge on any atom is 0.237 e. The Labute approximate surface area is 136 Å². The third-order valence-electron chi connectivity index (χ3n) is 4.13. The standard InChI is InChI=1S/C16H24ClN3O2/c1-13(20-8-6-19(7-9-20)10-11-21)16(22)18-12-14-2-4-15(17)5-3-14/h2-5,13,21H,6-12H2,1H3,(H,18,22)/t13-/m1/s1. The molecule has 1 saturated heterocycles. The van der Waals surface area contributed by atoms with Crippen molar-refractivity contribution in [3.63, 3.8) is 0 Å². The smallest absolute Gasteiger partial charge is 0.237 e. The van der Waals surface area contributed by atoms with Crippen LogP contribution in [0.3, 0.4) is 0 Å². The normalized spacial score (nSPS) is 18.1. The van der Waals surface area contributed by atoms with Crippen LogP contribution in [0.5, 0.6) is 0 Å². The molecular formula is C16H24ClN3O2. The number of hydrogen-bond donors (Lipinski definition) is 2. The number of aliphatic hydroxyl groups excluding tert-OH is 1. The molecule has 5 nitrogen and oxygen atoms in total. The zero-order valence-corrected chi connectivity index (χ0v) is 13.7. The van der Waals surface area contributed by atoms with E-state index in [4.69, 9.17) is 16.7 Å². The van der Waals surface area contributed by atoms with Crippen molar-refractivity contribution >= 4 is 17.5 Å². The molecule has 2 N–H and O–H groups in total. The number of rotatable bonds is 6. The van der Waals surface area contributed by atoms with Gasteiger partial charge in [0.15, 0.2) is 0 Å². The second kappa shape index (κ2) is 8.48. The topological polar surface area (TPSA) is 55.8 Å². The quantitative estimate of drug-likeness (QED) is 0.818. The van der Waals surface area contributed by atoms with Crippen LogP contribution in [-0.4, -0.2) is 66.2 Å². The fraction of sp³-hybridized carbons (Fsp3) is 0.562. The van der Waals surface area contributed by atoms with Gasteiger partial charge in [-0.15, -0.1) is 0 Å². The van der Waals surface area contributed by atoms with Crippen molar-refractivity contribution in [2.45, 2.75) is 19.5 Å². The summed E-state index contributed by atoms with van der Waals surface area (Å²) in [7, 11) is 0. The van der Waals surface area contributed by atoms with Crippen molar-refractivity contribution in [3.05, 3.63) is 34.9 Å². The maximum absolute atomic E-state index is 12.3. The van der Waals surface area contributed by atoms with E-state index in [1.165, 1.54) is 0 Å². The van der Waals surface area contributed by atoms with Crippen LogP contribution in [0.2, 0.25) is 5.02 Å². The lowest BCUT2D eigenvalue weighted by molar-refractivity contribution is -0.126. The zero-order chi connectivity index (χ0) is 15.9. The van der Waals surface area contributed by atoms with E-state index in [0.29, 0.717) is 18.1 Å². The van der Waals surface area contributed by atoms with Crippen LogP contribution in [0.4, 0.5) is 0 Å². The highest BCUT2D eigenvalue weighted by Crippen LogP contribution is 2.10. The van der Waals surface area contributed by atoms with Crippen LogP contribution in [0.25, 0.3) is 0 Å². The molecule has 1 aromatic carbocycles. The van der Waals surface area contributed by atoms with Gasteiger partial charge >= 0.3 is 0 Å². The van der Waals surface area contributed by atoms with Crippen LogP contribution >= 0.6 is 11.6 Å². The summed E-state index contributed by atoms with van der Waals surface area (Å²) in [6.07, 6.45) is 0. The van der Waals surface area contributed by atoms with Gasteiger partial charge < -0.3 is 10.4 Å². The first-order valence-electron chi connectivity index (χ1n) is 7.69. The van der Waals surface area contributed by atoms with E-state index in [1.807, 2.05) is 31.2 Å². The molecule has 1 fully saturated rings. The summed E-state index contributed by atoms with van der Waals surface area (Å²) in [4.78, 5) is 16.7. The van der Waals surface area contributed by atoms with Gasteiger partial charge in [-0.05, 0) is 24.6 Å². The predicted molar refractivity (Wildman–Crippen MR) is 87.9 cm³/mol. The Morgan fingerprint density at radius 1 is 1.27 bits per heavy atom. The minimum atomic E-state index is -0.136. The van der Waals surface area contributed by atoms with E-state index in [2.05, 4.69) is 15.1 Å². The molecule has 0 radical (unpaired) electrons. The van der Waals surface area contributed by atoms with Crippen molar-refractivity contribution < 1.29 is 9.90 Å². The van der Waals surface area contributed by atoms with Crippen LogP contribution in [0.15, 0.2) is 24.3 Å². The Bertz CT molecular complexity index is 473. The Hall–Kier alpha value is -1.14. The lowest BCUT2D eigenvalue weighted by atomic mass is 10.2. The van der Waals surface area contributed by atoms with Gasteiger partial charge in [0.1, 0.15) is 0 Å². The largest absolute Gasteiger partial charge is 0.395 e. The van der Waals surface area contributed by atoms with Gasteiger partial charge in [0.2, 0.25) is 5.91 Å². The summed E-state index contributed by atoms with van der Waals surface area (Å²) in [5.41, 5.74) is 1.04. The first-order valence-corrected chi connectivity index (χ1v) is 8.07. The predicted octanol–water partition coefficient (Wildman–Crippen LogP) is 0.955. The highest BCUT2D eigenvalue weighted by Gasteiger charge is 2.24. The second-order valence-corrected chi connectivity index (χ2v) is 6.06. The number of amides is 1. The molecule has 1 atom stereocenters. The molecule has 122 valence electrons. The Morgan fingerprint density at radius 2 is 1.91 bits per heavy atom. The van der Waals surface area contributed by atoms with Crippen LogP contribution in [-0.2, 0) is 11.3 Å². The van der Waals surface area contributed by atoms with Crippen molar-refractivity contribution in [2.75, 3.05) is 39.3 Å². The molecule has 0 bridgehead atoms. The number of nitrogens with one attached hydrogen (secondary N) is 1. The SMILES string of the molecule is C[C@H](C(=O)NCc1ccc(Cl)cc1)N1CCN(CCO)CC1. The Balaban J connectivity index is 1.76. The average molecular weight is 326 g/mol. The summed E-state index contributed by atoms with van der Waals surface area (Å²) < 4.78 is 0. The van der Waals surface area contributed by atoms with Crippen molar-refractivity contribution in [2.24, 2.45) is 0 Å². The number of benzene rings is 1. The molecule has 1 amide bonds. The van der Waals surface area contributed by atoms with Gasteiger partial charge in [-0.25, -0.2) is 0 Å². The third-order valence-corrected chi connectivity index (χ3v) is 4.38. The van der Waals surface area contributed by atoms with Crippen molar-refractivity contribution in [3.8, 4) is 0 Å². The van der Waals surface area contributed by atoms with Gasteiger partial charge in [-0.1, -0.05) is 23.7 Å². The van der Waals surface area contributed by atoms with Crippen LogP contribution < -0.4 is 5.32 Å². The molecule has 6 heteroatoms. The molecule has 1 heterocycles. The minimum absolute atomic E-state index is 0.0468. The van der Waals surface area contributed by atoms with E-state index in [-0.39, 0.29) is 18.6 Å². The molecular weight excluding hydrogens is 302 g/mol. The minimum Gasteiger partial charge on any atom is -0.395 e. The first kappa shape index (κ1) is 17.2. The molecule has 0 unspecified atom stereocenters. The summed E-state index contributed by atoms with van der Waals surface area (Å²) >= 11 is 5.85. The fourth-order valence-corrected chi connectivity index (χ4v) is 2.75. The third kappa shape index (κ3) is 4.95.